The minimum Gasteiger partial charge on any atom is -0.325 e. The van der Waals surface area contributed by atoms with Crippen LogP contribution in [0.15, 0.2) is 53.4 Å². The van der Waals surface area contributed by atoms with E-state index < -0.39 is 10.0 Å². The van der Waals surface area contributed by atoms with E-state index in [9.17, 15) is 13.2 Å². The van der Waals surface area contributed by atoms with Crippen LogP contribution in [0.5, 0.6) is 0 Å². The first kappa shape index (κ1) is 20.4. The number of rotatable bonds is 7. The minimum atomic E-state index is -3.48. The molecule has 0 unspecified atom stereocenters. The van der Waals surface area contributed by atoms with Crippen LogP contribution in [0.3, 0.4) is 0 Å². The van der Waals surface area contributed by atoms with Gasteiger partial charge in [-0.3, -0.25) is 4.79 Å². The molecule has 0 aliphatic rings. The van der Waals surface area contributed by atoms with Gasteiger partial charge in [-0.15, -0.1) is 0 Å². The number of hydrogen-bond donors (Lipinski definition) is 2. The lowest BCUT2D eigenvalue weighted by Gasteiger charge is -2.15. The molecule has 8 heteroatoms. The first-order valence-corrected chi connectivity index (χ1v) is 9.83. The molecular weight excluding hydrogens is 374 g/mol. The molecule has 0 aliphatic carbocycles. The molecule has 0 bridgehead atoms. The second-order valence-electron chi connectivity index (χ2n) is 6.02. The van der Waals surface area contributed by atoms with Gasteiger partial charge in [0.15, 0.2) is 0 Å². The van der Waals surface area contributed by atoms with Crippen LogP contribution in [0.2, 0.25) is 5.02 Å². The lowest BCUT2D eigenvalue weighted by molar-refractivity contribution is -0.115. The molecule has 0 fully saturated rings. The normalized spacial score (nSPS) is 12.8. The highest BCUT2D eigenvalue weighted by Gasteiger charge is 2.16. The summed E-state index contributed by atoms with van der Waals surface area (Å²) < 4.78 is 25.2. The van der Waals surface area contributed by atoms with E-state index in [0.29, 0.717) is 10.7 Å². The van der Waals surface area contributed by atoms with E-state index in [0.717, 1.165) is 9.87 Å². The van der Waals surface area contributed by atoms with E-state index in [4.69, 9.17) is 11.6 Å². The Hall–Kier alpha value is -1.93. The standard InChI is InChI=1S/C18H22ClN3O3S/c1-13(14-5-4-6-15(19)11-14)20-12-18(23)21-16-7-9-17(10-8-16)26(24,25)22(2)3/h4-11,13,20H,12H2,1-3H3,(H,21,23)/t13-/m1/s1. The van der Waals surface area contributed by atoms with Gasteiger partial charge in [-0.25, -0.2) is 12.7 Å². The molecule has 2 N–H and O–H groups in total. The zero-order chi connectivity index (χ0) is 19.3. The average molecular weight is 396 g/mol. The number of benzene rings is 2. The lowest BCUT2D eigenvalue weighted by atomic mass is 10.1. The molecule has 0 saturated heterocycles. The molecular formula is C18H22ClN3O3S. The van der Waals surface area contributed by atoms with Gasteiger partial charge >= 0.3 is 0 Å². The van der Waals surface area contributed by atoms with Crippen molar-refractivity contribution in [1.29, 1.82) is 0 Å². The Morgan fingerprint density at radius 1 is 1.15 bits per heavy atom. The molecule has 26 heavy (non-hydrogen) atoms. The van der Waals surface area contributed by atoms with Gasteiger partial charge < -0.3 is 10.6 Å². The number of carbonyl (C=O) groups excluding carboxylic acids is 1. The molecule has 1 amide bonds. The van der Waals surface area contributed by atoms with Gasteiger partial charge in [0.05, 0.1) is 11.4 Å². The number of halogens is 1. The van der Waals surface area contributed by atoms with Crippen molar-refractivity contribution in [2.45, 2.75) is 17.9 Å². The van der Waals surface area contributed by atoms with Crippen molar-refractivity contribution in [3.63, 3.8) is 0 Å². The van der Waals surface area contributed by atoms with Gasteiger partial charge in [0, 0.05) is 30.8 Å². The monoisotopic (exact) mass is 395 g/mol. The Balaban J connectivity index is 1.92. The molecule has 0 saturated carbocycles. The average Bonchev–Trinajstić information content (AvgIpc) is 2.60. The maximum absolute atomic E-state index is 12.1. The fraction of sp³-hybridized carbons (Fsp3) is 0.278. The van der Waals surface area contributed by atoms with Crippen LogP contribution in [0.1, 0.15) is 18.5 Å². The van der Waals surface area contributed by atoms with E-state index in [1.807, 2.05) is 25.1 Å². The fourth-order valence-electron chi connectivity index (χ4n) is 2.27. The van der Waals surface area contributed by atoms with Crippen LogP contribution in [0, 0.1) is 0 Å². The highest BCUT2D eigenvalue weighted by Crippen LogP contribution is 2.18. The first-order valence-electron chi connectivity index (χ1n) is 8.01. The Labute approximate surface area is 159 Å². The van der Waals surface area contributed by atoms with Gasteiger partial charge in [-0.2, -0.15) is 0 Å². The molecule has 2 aromatic rings. The highest BCUT2D eigenvalue weighted by atomic mass is 35.5. The van der Waals surface area contributed by atoms with E-state index in [1.54, 1.807) is 18.2 Å². The third-order valence-electron chi connectivity index (χ3n) is 3.83. The van der Waals surface area contributed by atoms with Crippen molar-refractivity contribution in [2.24, 2.45) is 0 Å². The van der Waals surface area contributed by atoms with Crippen molar-refractivity contribution in [1.82, 2.24) is 9.62 Å². The van der Waals surface area contributed by atoms with Crippen LogP contribution < -0.4 is 10.6 Å². The number of sulfonamides is 1. The van der Waals surface area contributed by atoms with Crippen molar-refractivity contribution < 1.29 is 13.2 Å². The SMILES string of the molecule is C[C@@H](NCC(=O)Nc1ccc(S(=O)(=O)N(C)C)cc1)c1cccc(Cl)c1. The number of anilines is 1. The Morgan fingerprint density at radius 2 is 1.81 bits per heavy atom. The van der Waals surface area contributed by atoms with Gasteiger partial charge in [-0.1, -0.05) is 23.7 Å². The van der Waals surface area contributed by atoms with Gasteiger partial charge in [0.2, 0.25) is 15.9 Å². The number of amides is 1. The number of nitrogens with zero attached hydrogens (tertiary/aromatic N) is 1. The van der Waals surface area contributed by atoms with Crippen LogP contribution in [-0.4, -0.2) is 39.3 Å². The third-order valence-corrected chi connectivity index (χ3v) is 5.90. The van der Waals surface area contributed by atoms with E-state index in [-0.39, 0.29) is 23.4 Å². The molecule has 0 spiro atoms. The van der Waals surface area contributed by atoms with Crippen molar-refractivity contribution >= 4 is 33.2 Å². The van der Waals surface area contributed by atoms with E-state index in [2.05, 4.69) is 10.6 Å². The van der Waals surface area contributed by atoms with Gasteiger partial charge in [0.1, 0.15) is 0 Å². The zero-order valence-electron chi connectivity index (χ0n) is 14.9. The molecule has 1 atom stereocenters. The molecule has 2 rings (SSSR count). The van der Waals surface area contributed by atoms with E-state index >= 15 is 0 Å². The van der Waals surface area contributed by atoms with Gasteiger partial charge in [0.25, 0.3) is 0 Å². The van der Waals surface area contributed by atoms with E-state index in [1.165, 1.54) is 26.2 Å². The summed E-state index contributed by atoms with van der Waals surface area (Å²) in [4.78, 5) is 12.3. The first-order chi connectivity index (χ1) is 12.2. The summed E-state index contributed by atoms with van der Waals surface area (Å²) in [7, 11) is -0.540. The van der Waals surface area contributed by atoms with Crippen molar-refractivity contribution in [2.75, 3.05) is 26.0 Å². The third kappa shape index (κ3) is 5.28. The Kier molecular flexibility index (Phi) is 6.77. The smallest absolute Gasteiger partial charge is 0.242 e. The summed E-state index contributed by atoms with van der Waals surface area (Å²) in [6, 6.07) is 13.5. The second-order valence-corrected chi connectivity index (χ2v) is 8.61. The molecule has 0 aliphatic heterocycles. The fourth-order valence-corrected chi connectivity index (χ4v) is 3.37. The van der Waals surface area contributed by atoms with Crippen LogP contribution in [-0.2, 0) is 14.8 Å². The lowest BCUT2D eigenvalue weighted by Crippen LogP contribution is -2.30. The predicted octanol–water partition coefficient (Wildman–Crippen LogP) is 2.88. The maximum Gasteiger partial charge on any atom is 0.242 e. The quantitative estimate of drug-likeness (QED) is 0.755. The summed E-state index contributed by atoms with van der Waals surface area (Å²) >= 11 is 5.97. The van der Waals surface area contributed by atoms with Crippen LogP contribution in [0.25, 0.3) is 0 Å². The minimum absolute atomic E-state index is 0.0351. The summed E-state index contributed by atoms with van der Waals surface area (Å²) in [5.74, 6) is -0.220. The topological polar surface area (TPSA) is 78.5 Å². The number of nitrogens with one attached hydrogen (secondary N) is 2. The van der Waals surface area contributed by atoms with Crippen molar-refractivity contribution in [3.8, 4) is 0 Å². The van der Waals surface area contributed by atoms with Crippen LogP contribution in [0.4, 0.5) is 5.69 Å². The molecule has 0 radical (unpaired) electrons. The largest absolute Gasteiger partial charge is 0.325 e. The zero-order valence-corrected chi connectivity index (χ0v) is 16.4. The summed E-state index contributed by atoms with van der Waals surface area (Å²) in [5, 5.41) is 6.50. The number of hydrogen-bond acceptors (Lipinski definition) is 4. The number of carbonyl (C=O) groups is 1. The summed E-state index contributed by atoms with van der Waals surface area (Å²) in [6.07, 6.45) is 0. The van der Waals surface area contributed by atoms with Crippen molar-refractivity contribution in [3.05, 3.63) is 59.1 Å². The summed E-state index contributed by atoms with van der Waals surface area (Å²) in [5.41, 5.74) is 1.52. The molecule has 2 aromatic carbocycles. The highest BCUT2D eigenvalue weighted by molar-refractivity contribution is 7.89. The second kappa shape index (κ2) is 8.64. The molecule has 6 nitrogen and oxygen atoms in total. The van der Waals surface area contributed by atoms with Crippen LogP contribution >= 0.6 is 11.6 Å². The Bertz CT molecular complexity index is 868. The molecule has 0 heterocycles. The predicted molar refractivity (Wildman–Crippen MR) is 104 cm³/mol. The Morgan fingerprint density at radius 3 is 2.38 bits per heavy atom. The molecule has 0 aromatic heterocycles. The summed E-state index contributed by atoms with van der Waals surface area (Å²) in [6.45, 7) is 2.06. The van der Waals surface area contributed by atoms with Gasteiger partial charge in [-0.05, 0) is 48.9 Å². The molecule has 140 valence electrons. The maximum atomic E-state index is 12.1.